The van der Waals surface area contributed by atoms with Crippen molar-refractivity contribution in [1.82, 2.24) is 5.32 Å². The molecule has 0 saturated heterocycles. The van der Waals surface area contributed by atoms with Crippen molar-refractivity contribution in [3.63, 3.8) is 0 Å². The molecule has 0 heterocycles. The summed E-state index contributed by atoms with van der Waals surface area (Å²) in [4.78, 5) is 11.8. The average molecular weight is 279 g/mol. The van der Waals surface area contributed by atoms with Crippen LogP contribution in [-0.2, 0) is 9.53 Å². The zero-order valence-corrected chi connectivity index (χ0v) is 12.1. The lowest BCUT2D eigenvalue weighted by molar-refractivity contribution is -0.126. The van der Waals surface area contributed by atoms with Crippen LogP contribution in [0.5, 0.6) is 0 Å². The smallest absolute Gasteiger partial charge is 0.223 e. The molecule has 1 saturated carbocycles. The van der Waals surface area contributed by atoms with Gasteiger partial charge in [0.15, 0.2) is 0 Å². The van der Waals surface area contributed by atoms with Crippen LogP contribution in [0.4, 0.5) is 0 Å². The number of carbonyl (C=O) groups excluding carboxylic acids is 1. The molecule has 2 unspecified atom stereocenters. The minimum Gasteiger partial charge on any atom is -0.380 e. The van der Waals surface area contributed by atoms with E-state index < -0.39 is 0 Å². The lowest BCUT2D eigenvalue weighted by Crippen LogP contribution is -2.38. The Kier molecular flexibility index (Phi) is 10.4. The van der Waals surface area contributed by atoms with Gasteiger partial charge in [-0.05, 0) is 25.7 Å². The number of nitrogens with one attached hydrogen (secondary N) is 1. The number of nitrogens with two attached hydrogens (primary N) is 1. The topological polar surface area (TPSA) is 64.3 Å². The second-order valence-corrected chi connectivity index (χ2v) is 4.88. The second-order valence-electron chi connectivity index (χ2n) is 4.88. The molecule has 0 aromatic carbocycles. The first-order valence-corrected chi connectivity index (χ1v) is 6.85. The molecule has 1 aliphatic carbocycles. The van der Waals surface area contributed by atoms with Gasteiger partial charge in [-0.25, -0.2) is 0 Å². The number of ether oxygens (including phenoxy) is 1. The maximum absolute atomic E-state index is 11.8. The molecule has 3 N–H and O–H groups in total. The summed E-state index contributed by atoms with van der Waals surface area (Å²) in [6.45, 7) is 4.16. The van der Waals surface area contributed by atoms with E-state index in [-0.39, 0.29) is 30.3 Å². The van der Waals surface area contributed by atoms with Crippen LogP contribution >= 0.6 is 12.4 Å². The molecule has 18 heavy (non-hydrogen) atoms. The first-order valence-electron chi connectivity index (χ1n) is 6.85. The molecule has 108 valence electrons. The Labute approximate surface area is 116 Å². The SMILES string of the molecule is CCCCOCCNC(=O)C1CCCC(N)C1.Cl. The first-order chi connectivity index (χ1) is 8.24. The summed E-state index contributed by atoms with van der Waals surface area (Å²) < 4.78 is 5.39. The fraction of sp³-hybridized carbons (Fsp3) is 0.923. The van der Waals surface area contributed by atoms with E-state index in [0.29, 0.717) is 13.2 Å². The van der Waals surface area contributed by atoms with Gasteiger partial charge in [-0.1, -0.05) is 19.8 Å². The molecular formula is C13H27ClN2O2. The van der Waals surface area contributed by atoms with Gasteiger partial charge in [-0.2, -0.15) is 0 Å². The van der Waals surface area contributed by atoms with Crippen molar-refractivity contribution in [3.05, 3.63) is 0 Å². The van der Waals surface area contributed by atoms with Crippen molar-refractivity contribution in [2.75, 3.05) is 19.8 Å². The highest BCUT2D eigenvalue weighted by Crippen LogP contribution is 2.22. The third-order valence-electron chi connectivity index (χ3n) is 3.27. The second kappa shape index (κ2) is 10.6. The van der Waals surface area contributed by atoms with Crippen molar-refractivity contribution in [3.8, 4) is 0 Å². The van der Waals surface area contributed by atoms with Gasteiger partial charge in [0, 0.05) is 25.1 Å². The molecule has 5 heteroatoms. The van der Waals surface area contributed by atoms with Crippen LogP contribution in [0.2, 0.25) is 0 Å². The maximum Gasteiger partial charge on any atom is 0.223 e. The molecule has 0 aromatic heterocycles. The molecule has 0 aromatic rings. The highest BCUT2D eigenvalue weighted by molar-refractivity contribution is 5.85. The summed E-state index contributed by atoms with van der Waals surface area (Å²) in [6.07, 6.45) is 6.19. The fourth-order valence-electron chi connectivity index (χ4n) is 2.20. The summed E-state index contributed by atoms with van der Waals surface area (Å²) in [5.74, 6) is 0.272. The quantitative estimate of drug-likeness (QED) is 0.699. The summed E-state index contributed by atoms with van der Waals surface area (Å²) in [5.41, 5.74) is 5.87. The third kappa shape index (κ3) is 7.19. The van der Waals surface area contributed by atoms with Crippen LogP contribution in [0.1, 0.15) is 45.4 Å². The Balaban J connectivity index is 0.00000289. The summed E-state index contributed by atoms with van der Waals surface area (Å²) in [6, 6.07) is 0.209. The predicted octanol–water partition coefficient (Wildman–Crippen LogP) is 1.86. The minimum atomic E-state index is 0. The largest absolute Gasteiger partial charge is 0.380 e. The van der Waals surface area contributed by atoms with Crippen LogP contribution in [0.15, 0.2) is 0 Å². The maximum atomic E-state index is 11.8. The summed E-state index contributed by atoms with van der Waals surface area (Å²) >= 11 is 0. The highest BCUT2D eigenvalue weighted by Gasteiger charge is 2.24. The van der Waals surface area contributed by atoms with Gasteiger partial charge >= 0.3 is 0 Å². The van der Waals surface area contributed by atoms with Crippen LogP contribution < -0.4 is 11.1 Å². The molecule has 0 radical (unpaired) electrons. The van der Waals surface area contributed by atoms with Gasteiger partial charge in [0.1, 0.15) is 0 Å². The standard InChI is InChI=1S/C13H26N2O2.ClH/c1-2-3-8-17-9-7-15-13(16)11-5-4-6-12(14)10-11;/h11-12H,2-10,14H2,1H3,(H,15,16);1H. The van der Waals surface area contributed by atoms with Crippen molar-refractivity contribution < 1.29 is 9.53 Å². The highest BCUT2D eigenvalue weighted by atomic mass is 35.5. The predicted molar refractivity (Wildman–Crippen MR) is 75.9 cm³/mol. The Morgan fingerprint density at radius 1 is 1.39 bits per heavy atom. The van der Waals surface area contributed by atoms with E-state index in [4.69, 9.17) is 10.5 Å². The van der Waals surface area contributed by atoms with Gasteiger partial charge in [0.05, 0.1) is 6.61 Å². The third-order valence-corrected chi connectivity index (χ3v) is 3.27. The first kappa shape index (κ1) is 17.7. The molecule has 1 rings (SSSR count). The van der Waals surface area contributed by atoms with Gasteiger partial charge < -0.3 is 15.8 Å². The van der Waals surface area contributed by atoms with Crippen LogP contribution in [-0.4, -0.2) is 31.7 Å². The van der Waals surface area contributed by atoms with E-state index in [1.807, 2.05) is 0 Å². The zero-order chi connectivity index (χ0) is 12.5. The van der Waals surface area contributed by atoms with Crippen molar-refractivity contribution in [2.24, 2.45) is 11.7 Å². The number of carbonyl (C=O) groups is 1. The monoisotopic (exact) mass is 278 g/mol. The normalized spacial score (nSPS) is 23.2. The number of unbranched alkanes of at least 4 members (excludes halogenated alkanes) is 1. The number of hydrogen-bond donors (Lipinski definition) is 2. The van der Waals surface area contributed by atoms with Crippen LogP contribution in [0.3, 0.4) is 0 Å². The van der Waals surface area contributed by atoms with Gasteiger partial charge in [0.2, 0.25) is 5.91 Å². The Hall–Kier alpha value is -0.320. The number of amides is 1. The molecule has 0 spiro atoms. The molecule has 1 amide bonds. The van der Waals surface area contributed by atoms with Crippen LogP contribution in [0.25, 0.3) is 0 Å². The Morgan fingerprint density at radius 2 is 2.17 bits per heavy atom. The minimum absolute atomic E-state index is 0. The molecule has 0 bridgehead atoms. The van der Waals surface area contributed by atoms with Crippen LogP contribution in [0, 0.1) is 5.92 Å². The average Bonchev–Trinajstić information content (AvgIpc) is 2.33. The lowest BCUT2D eigenvalue weighted by Gasteiger charge is -2.25. The molecule has 0 aliphatic heterocycles. The number of halogens is 1. The zero-order valence-electron chi connectivity index (χ0n) is 11.3. The van der Waals surface area contributed by atoms with Crippen molar-refractivity contribution in [1.29, 1.82) is 0 Å². The number of hydrogen-bond acceptors (Lipinski definition) is 3. The summed E-state index contributed by atoms with van der Waals surface area (Å²) in [5, 5.41) is 2.93. The van der Waals surface area contributed by atoms with Gasteiger partial charge in [-0.3, -0.25) is 4.79 Å². The molecule has 4 nitrogen and oxygen atoms in total. The molecule has 2 atom stereocenters. The Morgan fingerprint density at radius 3 is 2.83 bits per heavy atom. The Bertz CT molecular complexity index is 227. The summed E-state index contributed by atoms with van der Waals surface area (Å²) in [7, 11) is 0. The van der Waals surface area contributed by atoms with Crippen molar-refractivity contribution in [2.45, 2.75) is 51.5 Å². The van der Waals surface area contributed by atoms with Gasteiger partial charge in [0.25, 0.3) is 0 Å². The number of rotatable bonds is 7. The lowest BCUT2D eigenvalue weighted by atomic mass is 9.85. The van der Waals surface area contributed by atoms with E-state index >= 15 is 0 Å². The van der Waals surface area contributed by atoms with Crippen molar-refractivity contribution >= 4 is 18.3 Å². The molecule has 1 aliphatic rings. The van der Waals surface area contributed by atoms with E-state index in [1.54, 1.807) is 0 Å². The van der Waals surface area contributed by atoms with E-state index in [1.165, 1.54) is 0 Å². The fourth-order valence-corrected chi connectivity index (χ4v) is 2.20. The van der Waals surface area contributed by atoms with E-state index in [9.17, 15) is 4.79 Å². The van der Waals surface area contributed by atoms with E-state index in [0.717, 1.165) is 45.1 Å². The molecular weight excluding hydrogens is 252 g/mol. The van der Waals surface area contributed by atoms with Gasteiger partial charge in [-0.15, -0.1) is 12.4 Å². The molecule has 1 fully saturated rings. The van der Waals surface area contributed by atoms with E-state index in [2.05, 4.69) is 12.2 Å².